The SMILES string of the molecule is CC(C)n1cnc2c(-c3ccccc3)cn(CC(=O)Nc3ccc(C#N)cc3)c2c1=O. The third kappa shape index (κ3) is 3.96. The van der Waals surface area contributed by atoms with Crippen LogP contribution in [-0.2, 0) is 11.3 Å². The molecule has 0 bridgehead atoms. The van der Waals surface area contributed by atoms with Gasteiger partial charge >= 0.3 is 0 Å². The number of rotatable bonds is 5. The molecule has 0 fully saturated rings. The van der Waals surface area contributed by atoms with Gasteiger partial charge in [0.25, 0.3) is 5.56 Å². The first-order valence-electron chi connectivity index (χ1n) is 9.93. The van der Waals surface area contributed by atoms with Crippen LogP contribution in [0.1, 0.15) is 25.5 Å². The second-order valence-corrected chi connectivity index (χ2v) is 7.52. The fourth-order valence-electron chi connectivity index (χ4n) is 3.50. The zero-order chi connectivity index (χ0) is 22.0. The molecular formula is C24H21N5O2. The van der Waals surface area contributed by atoms with Gasteiger partial charge in [-0.25, -0.2) is 4.98 Å². The van der Waals surface area contributed by atoms with Crippen LogP contribution in [0.3, 0.4) is 0 Å². The zero-order valence-electron chi connectivity index (χ0n) is 17.2. The van der Waals surface area contributed by atoms with E-state index in [0.717, 1.165) is 11.1 Å². The van der Waals surface area contributed by atoms with Crippen molar-refractivity contribution < 1.29 is 4.79 Å². The van der Waals surface area contributed by atoms with E-state index in [1.165, 1.54) is 0 Å². The number of aromatic nitrogens is 3. The topological polar surface area (TPSA) is 92.7 Å². The van der Waals surface area contributed by atoms with Crippen molar-refractivity contribution in [2.75, 3.05) is 5.32 Å². The molecule has 2 aromatic heterocycles. The Kier molecular flexibility index (Phi) is 5.37. The van der Waals surface area contributed by atoms with Gasteiger partial charge in [-0.1, -0.05) is 30.3 Å². The molecule has 1 amide bonds. The number of nitrogens with zero attached hydrogens (tertiary/aromatic N) is 4. The number of benzene rings is 2. The zero-order valence-corrected chi connectivity index (χ0v) is 17.2. The number of hydrogen-bond acceptors (Lipinski definition) is 4. The standard InChI is InChI=1S/C24H21N5O2/c1-16(2)29-15-26-22-20(18-6-4-3-5-7-18)13-28(23(22)24(29)31)14-21(30)27-19-10-8-17(12-25)9-11-19/h3-11,13,15-16H,14H2,1-2H3,(H,27,30). The molecule has 0 radical (unpaired) electrons. The summed E-state index contributed by atoms with van der Waals surface area (Å²) >= 11 is 0. The first-order valence-corrected chi connectivity index (χ1v) is 9.93. The molecule has 0 atom stereocenters. The highest BCUT2D eigenvalue weighted by Gasteiger charge is 2.18. The fourth-order valence-corrected chi connectivity index (χ4v) is 3.50. The summed E-state index contributed by atoms with van der Waals surface area (Å²) in [6.45, 7) is 3.79. The number of fused-ring (bicyclic) bond motifs is 1. The maximum atomic E-state index is 13.2. The van der Waals surface area contributed by atoms with Gasteiger partial charge in [0.2, 0.25) is 5.91 Å². The Hall–Kier alpha value is -4.18. The third-order valence-electron chi connectivity index (χ3n) is 5.05. The molecule has 0 spiro atoms. The van der Waals surface area contributed by atoms with Gasteiger partial charge in [0.1, 0.15) is 17.6 Å². The minimum absolute atomic E-state index is 0.0393. The lowest BCUT2D eigenvalue weighted by Crippen LogP contribution is -2.26. The van der Waals surface area contributed by atoms with Crippen LogP contribution in [0.5, 0.6) is 0 Å². The average molecular weight is 411 g/mol. The van der Waals surface area contributed by atoms with E-state index in [0.29, 0.717) is 22.3 Å². The number of carbonyl (C=O) groups excluding carboxylic acids is 1. The lowest BCUT2D eigenvalue weighted by molar-refractivity contribution is -0.116. The Balaban J connectivity index is 1.75. The molecule has 7 heteroatoms. The van der Waals surface area contributed by atoms with Crippen LogP contribution in [-0.4, -0.2) is 20.0 Å². The summed E-state index contributed by atoms with van der Waals surface area (Å²) in [7, 11) is 0. The molecule has 0 aliphatic rings. The summed E-state index contributed by atoms with van der Waals surface area (Å²) in [5.41, 5.74) is 3.60. The minimum Gasteiger partial charge on any atom is -0.332 e. The molecule has 7 nitrogen and oxygen atoms in total. The van der Waals surface area contributed by atoms with E-state index in [4.69, 9.17) is 5.26 Å². The van der Waals surface area contributed by atoms with Crippen LogP contribution >= 0.6 is 0 Å². The van der Waals surface area contributed by atoms with Gasteiger partial charge in [-0.3, -0.25) is 14.2 Å². The molecule has 0 unspecified atom stereocenters. The van der Waals surface area contributed by atoms with Crippen molar-refractivity contribution >= 4 is 22.6 Å². The summed E-state index contributed by atoms with van der Waals surface area (Å²) < 4.78 is 3.22. The van der Waals surface area contributed by atoms with E-state index < -0.39 is 0 Å². The van der Waals surface area contributed by atoms with Gasteiger partial charge in [0.05, 0.1) is 18.0 Å². The molecule has 154 valence electrons. The second kappa shape index (κ2) is 8.28. The predicted octanol–water partition coefficient (Wildman–Crippen LogP) is 3.96. The molecule has 1 N–H and O–H groups in total. The van der Waals surface area contributed by atoms with Gasteiger partial charge in [-0.2, -0.15) is 5.26 Å². The lowest BCUT2D eigenvalue weighted by atomic mass is 10.1. The largest absolute Gasteiger partial charge is 0.332 e. The monoisotopic (exact) mass is 411 g/mol. The summed E-state index contributed by atoms with van der Waals surface area (Å²) in [4.78, 5) is 30.5. The van der Waals surface area contributed by atoms with Crippen LogP contribution in [0.15, 0.2) is 71.9 Å². The Morgan fingerprint density at radius 1 is 1.13 bits per heavy atom. The molecular weight excluding hydrogens is 390 g/mol. The Morgan fingerprint density at radius 3 is 2.48 bits per heavy atom. The van der Waals surface area contributed by atoms with Gasteiger partial charge in [0.15, 0.2) is 0 Å². The van der Waals surface area contributed by atoms with Gasteiger partial charge in [0, 0.05) is 23.5 Å². The Morgan fingerprint density at radius 2 is 1.84 bits per heavy atom. The molecule has 4 rings (SSSR count). The Bertz CT molecular complexity index is 1340. The van der Waals surface area contributed by atoms with Crippen molar-refractivity contribution in [1.29, 1.82) is 5.26 Å². The fraction of sp³-hybridized carbons (Fsp3) is 0.167. The highest BCUT2D eigenvalue weighted by molar-refractivity contribution is 5.95. The maximum Gasteiger partial charge on any atom is 0.278 e. The van der Waals surface area contributed by atoms with Crippen LogP contribution in [0, 0.1) is 11.3 Å². The molecule has 2 aromatic carbocycles. The van der Waals surface area contributed by atoms with Gasteiger partial charge in [-0.15, -0.1) is 0 Å². The van der Waals surface area contributed by atoms with Gasteiger partial charge in [-0.05, 0) is 43.7 Å². The molecule has 0 aliphatic heterocycles. The average Bonchev–Trinajstić information content (AvgIpc) is 3.14. The molecule has 0 saturated heterocycles. The van der Waals surface area contributed by atoms with Crippen molar-refractivity contribution in [2.24, 2.45) is 0 Å². The molecule has 2 heterocycles. The highest BCUT2D eigenvalue weighted by atomic mass is 16.2. The molecule has 31 heavy (non-hydrogen) atoms. The minimum atomic E-state index is -0.277. The molecule has 0 saturated carbocycles. The number of nitriles is 1. The van der Waals surface area contributed by atoms with Gasteiger partial charge < -0.3 is 9.88 Å². The maximum absolute atomic E-state index is 13.2. The van der Waals surface area contributed by atoms with Crippen molar-refractivity contribution in [2.45, 2.75) is 26.4 Å². The summed E-state index contributed by atoms with van der Waals surface area (Å²) in [5, 5.41) is 11.7. The second-order valence-electron chi connectivity index (χ2n) is 7.52. The number of nitrogens with one attached hydrogen (secondary N) is 1. The van der Waals surface area contributed by atoms with Crippen molar-refractivity contribution in [3.63, 3.8) is 0 Å². The van der Waals surface area contributed by atoms with E-state index in [2.05, 4.69) is 10.3 Å². The summed E-state index contributed by atoms with van der Waals surface area (Å²) in [6.07, 6.45) is 3.36. The first kappa shape index (κ1) is 20.1. The van der Waals surface area contributed by atoms with Crippen LogP contribution < -0.4 is 10.9 Å². The smallest absolute Gasteiger partial charge is 0.278 e. The van der Waals surface area contributed by atoms with Crippen LogP contribution in [0.2, 0.25) is 0 Å². The Labute approximate surface area is 179 Å². The number of anilines is 1. The molecule has 4 aromatic rings. The highest BCUT2D eigenvalue weighted by Crippen LogP contribution is 2.27. The van der Waals surface area contributed by atoms with Crippen LogP contribution in [0.25, 0.3) is 22.2 Å². The molecule has 0 aliphatic carbocycles. The first-order chi connectivity index (χ1) is 15.0. The predicted molar refractivity (Wildman–Crippen MR) is 120 cm³/mol. The van der Waals surface area contributed by atoms with Crippen molar-refractivity contribution in [3.8, 4) is 17.2 Å². The number of hydrogen-bond donors (Lipinski definition) is 1. The van der Waals surface area contributed by atoms with E-state index >= 15 is 0 Å². The van der Waals surface area contributed by atoms with Crippen molar-refractivity contribution in [1.82, 2.24) is 14.1 Å². The van der Waals surface area contributed by atoms with E-state index in [9.17, 15) is 9.59 Å². The van der Waals surface area contributed by atoms with Crippen molar-refractivity contribution in [3.05, 3.63) is 83.0 Å². The number of carbonyl (C=O) groups is 1. The number of amides is 1. The third-order valence-corrected chi connectivity index (χ3v) is 5.05. The summed E-state index contributed by atoms with van der Waals surface area (Å²) in [5.74, 6) is -0.277. The van der Waals surface area contributed by atoms with E-state index in [1.54, 1.807) is 45.9 Å². The summed E-state index contributed by atoms with van der Waals surface area (Å²) in [6, 6.07) is 18.3. The van der Waals surface area contributed by atoms with Crippen LogP contribution in [0.4, 0.5) is 5.69 Å². The lowest BCUT2D eigenvalue weighted by Gasteiger charge is -2.11. The normalized spacial score (nSPS) is 10.9. The van der Waals surface area contributed by atoms with E-state index in [1.807, 2.05) is 50.2 Å². The van der Waals surface area contributed by atoms with E-state index in [-0.39, 0.29) is 24.1 Å². The quantitative estimate of drug-likeness (QED) is 0.538.